The molecule has 0 radical (unpaired) electrons. The summed E-state index contributed by atoms with van der Waals surface area (Å²) >= 11 is 3.23. The molecule has 0 spiro atoms. The van der Waals surface area contributed by atoms with Crippen LogP contribution in [0.1, 0.15) is 16.2 Å². The van der Waals surface area contributed by atoms with Crippen molar-refractivity contribution in [3.63, 3.8) is 0 Å². The molecular weight excluding hydrogens is 301 g/mol. The molecule has 2 aromatic rings. The largest absolute Gasteiger partial charge is 0.318 e. The Kier molecular flexibility index (Phi) is 3.47. The van der Waals surface area contributed by atoms with Gasteiger partial charge in [0.1, 0.15) is 11.5 Å². The minimum atomic E-state index is -0.481. The molecule has 1 N–H and O–H groups in total. The fourth-order valence-corrected chi connectivity index (χ4v) is 1.96. The molecule has 0 aliphatic heterocycles. The molecule has 0 aliphatic carbocycles. The van der Waals surface area contributed by atoms with Crippen molar-refractivity contribution in [1.29, 1.82) is 0 Å². The Hall–Kier alpha value is -1.69. The predicted molar refractivity (Wildman–Crippen MR) is 70.0 cm³/mol. The normalized spacial score (nSPS) is 10.4. The van der Waals surface area contributed by atoms with Gasteiger partial charge in [-0.3, -0.25) is 9.48 Å². The summed E-state index contributed by atoms with van der Waals surface area (Å²) in [6.45, 7) is 1.79. The van der Waals surface area contributed by atoms with Gasteiger partial charge in [-0.05, 0) is 31.2 Å². The maximum atomic E-state index is 13.5. The molecule has 0 saturated carbocycles. The van der Waals surface area contributed by atoms with Gasteiger partial charge >= 0.3 is 0 Å². The van der Waals surface area contributed by atoms with Crippen LogP contribution in [0.5, 0.6) is 0 Å². The van der Waals surface area contributed by atoms with E-state index in [1.807, 2.05) is 0 Å². The Balaban J connectivity index is 2.26. The van der Waals surface area contributed by atoms with E-state index in [0.29, 0.717) is 10.2 Å². The molecule has 4 nitrogen and oxygen atoms in total. The maximum Gasteiger partial charge on any atom is 0.274 e. The van der Waals surface area contributed by atoms with E-state index >= 15 is 0 Å². The van der Waals surface area contributed by atoms with Crippen LogP contribution in [0, 0.1) is 12.7 Å². The van der Waals surface area contributed by atoms with Crippen molar-refractivity contribution in [2.45, 2.75) is 6.92 Å². The molecule has 0 atom stereocenters. The van der Waals surface area contributed by atoms with E-state index in [1.165, 1.54) is 16.8 Å². The van der Waals surface area contributed by atoms with E-state index in [9.17, 15) is 9.18 Å². The van der Waals surface area contributed by atoms with E-state index in [4.69, 9.17) is 0 Å². The van der Waals surface area contributed by atoms with Crippen molar-refractivity contribution in [3.05, 3.63) is 45.9 Å². The number of carbonyl (C=O) groups excluding carboxylic acids is 1. The minimum absolute atomic E-state index is 0.133. The van der Waals surface area contributed by atoms with E-state index in [2.05, 4.69) is 26.3 Å². The molecule has 0 bridgehead atoms. The average Bonchev–Trinajstić information content (AvgIpc) is 2.63. The predicted octanol–water partition coefficient (Wildman–Crippen LogP) is 2.88. The van der Waals surface area contributed by atoms with Crippen molar-refractivity contribution in [2.24, 2.45) is 7.05 Å². The van der Waals surface area contributed by atoms with Gasteiger partial charge in [0.25, 0.3) is 5.91 Å². The van der Waals surface area contributed by atoms with Crippen molar-refractivity contribution >= 4 is 27.5 Å². The zero-order valence-electron chi connectivity index (χ0n) is 9.87. The number of carbonyl (C=O) groups is 1. The summed E-state index contributed by atoms with van der Waals surface area (Å²) in [5, 5.41) is 6.58. The van der Waals surface area contributed by atoms with Crippen LogP contribution in [0.3, 0.4) is 0 Å². The third-order valence-corrected chi connectivity index (χ3v) is 2.90. The van der Waals surface area contributed by atoms with Crippen molar-refractivity contribution in [1.82, 2.24) is 9.78 Å². The molecule has 1 heterocycles. The number of benzene rings is 1. The first-order valence-electron chi connectivity index (χ1n) is 5.24. The highest BCUT2D eigenvalue weighted by atomic mass is 79.9. The smallest absolute Gasteiger partial charge is 0.274 e. The van der Waals surface area contributed by atoms with Gasteiger partial charge < -0.3 is 5.32 Å². The molecule has 0 saturated heterocycles. The summed E-state index contributed by atoms with van der Waals surface area (Å²) in [7, 11) is 1.67. The van der Waals surface area contributed by atoms with Gasteiger partial charge in [0.15, 0.2) is 0 Å². The first kappa shape index (κ1) is 12.8. The number of rotatable bonds is 2. The van der Waals surface area contributed by atoms with Crippen molar-refractivity contribution in [2.75, 3.05) is 5.32 Å². The van der Waals surface area contributed by atoms with Crippen LogP contribution in [-0.4, -0.2) is 15.7 Å². The number of nitrogens with one attached hydrogen (secondary N) is 1. The fourth-order valence-electron chi connectivity index (χ4n) is 1.60. The standard InChI is InChI=1S/C12H11BrFN3O/c1-7-5-11(17(2)16-7)12(18)15-10-6-8(13)3-4-9(10)14/h3-6H,1-2H3,(H,15,18). The molecule has 0 unspecified atom stereocenters. The first-order chi connectivity index (χ1) is 8.47. The molecule has 2 rings (SSSR count). The third-order valence-electron chi connectivity index (χ3n) is 2.41. The zero-order valence-corrected chi connectivity index (χ0v) is 11.5. The Morgan fingerprint density at radius 3 is 2.78 bits per heavy atom. The molecule has 94 valence electrons. The number of amides is 1. The second kappa shape index (κ2) is 4.89. The molecule has 6 heteroatoms. The molecule has 0 aliphatic rings. The summed E-state index contributed by atoms with van der Waals surface area (Å²) in [4.78, 5) is 12.0. The Bertz CT molecular complexity index is 609. The number of anilines is 1. The molecular formula is C12H11BrFN3O. The minimum Gasteiger partial charge on any atom is -0.318 e. The Morgan fingerprint density at radius 1 is 1.44 bits per heavy atom. The lowest BCUT2D eigenvalue weighted by Crippen LogP contribution is -2.16. The molecule has 1 amide bonds. The van der Waals surface area contributed by atoms with Gasteiger partial charge in [-0.2, -0.15) is 5.10 Å². The van der Waals surface area contributed by atoms with Crippen LogP contribution < -0.4 is 5.32 Å². The summed E-state index contributed by atoms with van der Waals surface area (Å²) < 4.78 is 15.6. The van der Waals surface area contributed by atoms with Crippen LogP contribution >= 0.6 is 15.9 Å². The van der Waals surface area contributed by atoms with Gasteiger partial charge in [-0.15, -0.1) is 0 Å². The van der Waals surface area contributed by atoms with Gasteiger partial charge in [-0.1, -0.05) is 15.9 Å². The van der Waals surface area contributed by atoms with Crippen molar-refractivity contribution < 1.29 is 9.18 Å². The van der Waals surface area contributed by atoms with Crippen molar-refractivity contribution in [3.8, 4) is 0 Å². The fraction of sp³-hybridized carbons (Fsp3) is 0.167. The first-order valence-corrected chi connectivity index (χ1v) is 6.03. The monoisotopic (exact) mass is 311 g/mol. The van der Waals surface area contributed by atoms with Crippen LogP contribution in [0.25, 0.3) is 0 Å². The summed E-state index contributed by atoms with van der Waals surface area (Å²) in [6.07, 6.45) is 0. The Labute approximate surface area is 112 Å². The number of hydrogen-bond acceptors (Lipinski definition) is 2. The molecule has 18 heavy (non-hydrogen) atoms. The second-order valence-electron chi connectivity index (χ2n) is 3.87. The summed E-state index contributed by atoms with van der Waals surface area (Å²) in [6, 6.07) is 6.01. The molecule has 1 aromatic carbocycles. The van der Waals surface area contributed by atoms with E-state index in [1.54, 1.807) is 26.1 Å². The topological polar surface area (TPSA) is 46.9 Å². The second-order valence-corrected chi connectivity index (χ2v) is 4.79. The lowest BCUT2D eigenvalue weighted by atomic mass is 10.3. The maximum absolute atomic E-state index is 13.5. The quantitative estimate of drug-likeness (QED) is 0.927. The number of aromatic nitrogens is 2. The highest BCUT2D eigenvalue weighted by Crippen LogP contribution is 2.20. The lowest BCUT2D eigenvalue weighted by molar-refractivity contribution is 0.101. The average molecular weight is 312 g/mol. The van der Waals surface area contributed by atoms with E-state index in [-0.39, 0.29) is 5.69 Å². The van der Waals surface area contributed by atoms with Gasteiger partial charge in [0, 0.05) is 11.5 Å². The van der Waals surface area contributed by atoms with Gasteiger partial charge in [-0.25, -0.2) is 4.39 Å². The lowest BCUT2D eigenvalue weighted by Gasteiger charge is -2.06. The van der Waals surface area contributed by atoms with Crippen LogP contribution in [0.4, 0.5) is 10.1 Å². The number of halogens is 2. The number of hydrogen-bond donors (Lipinski definition) is 1. The SMILES string of the molecule is Cc1cc(C(=O)Nc2cc(Br)ccc2F)n(C)n1. The number of nitrogens with zero attached hydrogens (tertiary/aromatic N) is 2. The van der Waals surface area contributed by atoms with E-state index in [0.717, 1.165) is 5.69 Å². The van der Waals surface area contributed by atoms with Crippen LogP contribution in [0.2, 0.25) is 0 Å². The van der Waals surface area contributed by atoms with Gasteiger partial charge in [0.05, 0.1) is 11.4 Å². The van der Waals surface area contributed by atoms with Gasteiger partial charge in [0.2, 0.25) is 0 Å². The van der Waals surface area contributed by atoms with Crippen LogP contribution in [-0.2, 0) is 7.05 Å². The summed E-state index contributed by atoms with van der Waals surface area (Å²) in [5.41, 5.74) is 1.25. The zero-order chi connectivity index (χ0) is 13.3. The highest BCUT2D eigenvalue weighted by Gasteiger charge is 2.14. The molecule has 0 fully saturated rings. The van der Waals surface area contributed by atoms with E-state index < -0.39 is 11.7 Å². The summed E-state index contributed by atoms with van der Waals surface area (Å²) in [5.74, 6) is -0.874. The third kappa shape index (κ3) is 2.59. The highest BCUT2D eigenvalue weighted by molar-refractivity contribution is 9.10. The number of aryl methyl sites for hydroxylation is 2. The molecule has 1 aromatic heterocycles. The van der Waals surface area contributed by atoms with Crippen LogP contribution in [0.15, 0.2) is 28.7 Å². The Morgan fingerprint density at radius 2 is 2.17 bits per heavy atom.